The first-order valence-corrected chi connectivity index (χ1v) is 6.93. The number of unbranched alkanes of at least 4 members (excludes halogenated alkanes) is 2. The summed E-state index contributed by atoms with van der Waals surface area (Å²) in [6.07, 6.45) is 4.77. The average Bonchev–Trinajstić information content (AvgIpc) is 2.83. The van der Waals surface area contributed by atoms with E-state index < -0.39 is 6.09 Å². The van der Waals surface area contributed by atoms with E-state index in [2.05, 4.69) is 23.7 Å². The van der Waals surface area contributed by atoms with Crippen LogP contribution >= 0.6 is 0 Å². The largest absolute Gasteiger partial charge is 0.448 e. The summed E-state index contributed by atoms with van der Waals surface area (Å²) < 4.78 is 5.06. The third-order valence-corrected chi connectivity index (χ3v) is 3.38. The molecule has 1 amide bonds. The van der Waals surface area contributed by atoms with Crippen molar-refractivity contribution in [2.75, 3.05) is 19.7 Å². The number of amides is 1. The first-order chi connectivity index (χ1) is 8.67. The highest BCUT2D eigenvalue weighted by Gasteiger charge is 2.22. The Bertz CT molecular complexity index is 290. The molecule has 0 saturated carbocycles. The second-order valence-corrected chi connectivity index (χ2v) is 4.87. The van der Waals surface area contributed by atoms with Gasteiger partial charge >= 0.3 is 6.09 Å². The molecule has 0 bridgehead atoms. The van der Waals surface area contributed by atoms with Gasteiger partial charge in [0.15, 0.2) is 0 Å². The Kier molecular flexibility index (Phi) is 6.76. The van der Waals surface area contributed by atoms with Crippen molar-refractivity contribution < 1.29 is 9.53 Å². The van der Waals surface area contributed by atoms with Crippen LogP contribution in [0.15, 0.2) is 4.99 Å². The molecule has 0 aromatic heterocycles. The molecule has 0 aromatic carbocycles. The van der Waals surface area contributed by atoms with Crippen molar-refractivity contribution in [3.63, 3.8) is 0 Å². The molecule has 1 unspecified atom stereocenters. The first kappa shape index (κ1) is 15.0. The molecule has 0 N–H and O–H groups in total. The number of amidine groups is 1. The van der Waals surface area contributed by atoms with Gasteiger partial charge in [-0.1, -0.05) is 26.7 Å². The zero-order chi connectivity index (χ0) is 13.4. The summed E-state index contributed by atoms with van der Waals surface area (Å²) in [7, 11) is 0. The van der Waals surface area contributed by atoms with Crippen molar-refractivity contribution in [1.29, 1.82) is 0 Å². The quantitative estimate of drug-likeness (QED) is 0.429. The topological polar surface area (TPSA) is 41.9 Å². The van der Waals surface area contributed by atoms with Crippen LogP contribution < -0.4 is 0 Å². The minimum atomic E-state index is -0.457. The molecule has 1 fully saturated rings. The lowest BCUT2D eigenvalue weighted by Gasteiger charge is -2.17. The maximum Gasteiger partial charge on any atom is 0.435 e. The summed E-state index contributed by atoms with van der Waals surface area (Å²) in [5, 5.41) is 0. The monoisotopic (exact) mass is 253 g/mol. The molecule has 103 valence electrons. The number of carbonyl (C=O) groups excluding carboxylic acids is 1. The average molecular weight is 253 g/mol. The van der Waals surface area contributed by atoms with E-state index in [1.807, 2.05) is 6.92 Å². The Morgan fingerprint density at radius 2 is 2.28 bits per heavy atom. The van der Waals surface area contributed by atoms with E-state index >= 15 is 0 Å². The number of hydrogen-bond acceptors (Lipinski definition) is 2. The molecule has 18 heavy (non-hydrogen) atoms. The van der Waals surface area contributed by atoms with Gasteiger partial charge in [0.1, 0.15) is 5.84 Å². The van der Waals surface area contributed by atoms with Crippen molar-refractivity contribution in [1.82, 2.24) is 4.90 Å². The molecule has 0 spiro atoms. The molecule has 1 radical (unpaired) electrons. The molecule has 1 aliphatic heterocycles. The second-order valence-electron chi connectivity index (χ2n) is 4.87. The van der Waals surface area contributed by atoms with Crippen LogP contribution in [0, 0.1) is 12.8 Å². The number of likely N-dealkylation sites (tertiary alicyclic amines) is 1. The smallest absolute Gasteiger partial charge is 0.435 e. The Hall–Kier alpha value is -1.06. The Morgan fingerprint density at radius 1 is 1.50 bits per heavy atom. The first-order valence-electron chi connectivity index (χ1n) is 6.93. The van der Waals surface area contributed by atoms with Crippen molar-refractivity contribution in [3.05, 3.63) is 6.92 Å². The van der Waals surface area contributed by atoms with E-state index in [0.717, 1.165) is 51.0 Å². The van der Waals surface area contributed by atoms with E-state index in [1.54, 1.807) is 0 Å². The van der Waals surface area contributed by atoms with Gasteiger partial charge in [0.2, 0.25) is 0 Å². The number of rotatable bonds is 5. The highest BCUT2D eigenvalue weighted by Crippen LogP contribution is 2.19. The highest BCUT2D eigenvalue weighted by molar-refractivity contribution is 5.90. The lowest BCUT2D eigenvalue weighted by molar-refractivity contribution is 0.154. The second kappa shape index (κ2) is 8.11. The molecule has 0 aliphatic carbocycles. The number of hydrogen-bond donors (Lipinski definition) is 0. The van der Waals surface area contributed by atoms with Crippen LogP contribution in [0.1, 0.15) is 46.0 Å². The van der Waals surface area contributed by atoms with E-state index in [9.17, 15) is 4.79 Å². The fraction of sp³-hybridized carbons (Fsp3) is 0.786. The molecule has 0 aromatic rings. The standard InChI is InChI=1S/C14H25N2O2/c1-4-6-7-10-18-14(17)15-12(3)16-9-8-13(5-2)11-16/h13H,2,4-11H2,1,3H3. The summed E-state index contributed by atoms with van der Waals surface area (Å²) in [5.41, 5.74) is 0. The van der Waals surface area contributed by atoms with Gasteiger partial charge in [-0.05, 0) is 32.1 Å². The van der Waals surface area contributed by atoms with Gasteiger partial charge < -0.3 is 9.64 Å². The molecule has 1 aliphatic rings. The molecule has 1 heterocycles. The van der Waals surface area contributed by atoms with E-state index in [-0.39, 0.29) is 0 Å². The SMILES string of the molecule is [CH2]CC1CCN(C(C)=NC(=O)OCCCCC)C1. The van der Waals surface area contributed by atoms with Gasteiger partial charge in [0, 0.05) is 13.1 Å². The van der Waals surface area contributed by atoms with Crippen LogP contribution in [-0.4, -0.2) is 36.5 Å². The molecule has 1 rings (SSSR count). The summed E-state index contributed by atoms with van der Waals surface area (Å²) >= 11 is 0. The Balaban J connectivity index is 2.29. The van der Waals surface area contributed by atoms with E-state index in [4.69, 9.17) is 4.74 Å². The van der Waals surface area contributed by atoms with Gasteiger partial charge in [-0.2, -0.15) is 4.99 Å². The Labute approximate surface area is 110 Å². The predicted octanol–water partition coefficient (Wildman–Crippen LogP) is 3.28. The van der Waals surface area contributed by atoms with Gasteiger partial charge in [-0.25, -0.2) is 4.79 Å². The third kappa shape index (κ3) is 5.07. The van der Waals surface area contributed by atoms with Crippen LogP contribution in [0.2, 0.25) is 0 Å². The normalized spacial score (nSPS) is 20.3. The minimum absolute atomic E-state index is 0.457. The number of aliphatic imine (C=N–C) groups is 1. The van der Waals surface area contributed by atoms with Crippen LogP contribution in [0.3, 0.4) is 0 Å². The number of carbonyl (C=O) groups is 1. The van der Waals surface area contributed by atoms with Gasteiger partial charge in [0.05, 0.1) is 6.61 Å². The maximum absolute atomic E-state index is 11.5. The minimum Gasteiger partial charge on any atom is -0.448 e. The Morgan fingerprint density at radius 3 is 2.89 bits per heavy atom. The summed E-state index contributed by atoms with van der Waals surface area (Å²) in [6, 6.07) is 0. The van der Waals surface area contributed by atoms with Gasteiger partial charge in [0.25, 0.3) is 0 Å². The van der Waals surface area contributed by atoms with Crippen LogP contribution in [0.25, 0.3) is 0 Å². The molecule has 4 heteroatoms. The van der Waals surface area contributed by atoms with Crippen LogP contribution in [0.4, 0.5) is 4.79 Å². The molecule has 4 nitrogen and oxygen atoms in total. The van der Waals surface area contributed by atoms with Crippen molar-refractivity contribution in [3.8, 4) is 0 Å². The van der Waals surface area contributed by atoms with Gasteiger partial charge in [-0.3, -0.25) is 0 Å². The molecule has 1 saturated heterocycles. The van der Waals surface area contributed by atoms with E-state index in [0.29, 0.717) is 12.5 Å². The van der Waals surface area contributed by atoms with Crippen molar-refractivity contribution in [2.45, 2.75) is 46.0 Å². The predicted molar refractivity (Wildman–Crippen MR) is 73.6 cm³/mol. The maximum atomic E-state index is 11.5. The van der Waals surface area contributed by atoms with Crippen molar-refractivity contribution in [2.24, 2.45) is 10.9 Å². The fourth-order valence-electron chi connectivity index (χ4n) is 2.11. The van der Waals surface area contributed by atoms with Crippen LogP contribution in [0.5, 0.6) is 0 Å². The lowest BCUT2D eigenvalue weighted by Crippen LogP contribution is -2.27. The van der Waals surface area contributed by atoms with Gasteiger partial charge in [-0.15, -0.1) is 0 Å². The number of ether oxygens (including phenoxy) is 1. The zero-order valence-corrected chi connectivity index (χ0v) is 11.7. The summed E-state index contributed by atoms with van der Waals surface area (Å²) in [6.45, 7) is 10.3. The number of nitrogens with zero attached hydrogens (tertiary/aromatic N) is 2. The van der Waals surface area contributed by atoms with E-state index in [1.165, 1.54) is 0 Å². The fourth-order valence-corrected chi connectivity index (χ4v) is 2.11. The summed E-state index contributed by atoms with van der Waals surface area (Å²) in [5.74, 6) is 1.40. The third-order valence-electron chi connectivity index (χ3n) is 3.38. The summed E-state index contributed by atoms with van der Waals surface area (Å²) in [4.78, 5) is 17.6. The molecular formula is C14H25N2O2. The molecule has 1 atom stereocenters. The lowest BCUT2D eigenvalue weighted by atomic mass is 10.1. The van der Waals surface area contributed by atoms with Crippen molar-refractivity contribution >= 4 is 11.9 Å². The highest BCUT2D eigenvalue weighted by atomic mass is 16.5. The zero-order valence-electron chi connectivity index (χ0n) is 11.7. The molecular weight excluding hydrogens is 228 g/mol. The van der Waals surface area contributed by atoms with Crippen LogP contribution in [-0.2, 0) is 4.74 Å².